The van der Waals surface area contributed by atoms with Gasteiger partial charge in [0.15, 0.2) is 25.9 Å². The topological polar surface area (TPSA) is 266 Å². The number of nitrogens with one attached hydrogen (secondary N) is 6. The van der Waals surface area contributed by atoms with Crippen LogP contribution in [0.1, 0.15) is 0 Å². The van der Waals surface area contributed by atoms with Gasteiger partial charge in [-0.15, -0.1) is 0 Å². The van der Waals surface area contributed by atoms with E-state index in [1.165, 1.54) is 0 Å². The van der Waals surface area contributed by atoms with Gasteiger partial charge in [-0.05, 0) is 0 Å². The van der Waals surface area contributed by atoms with E-state index in [-0.39, 0.29) is 0 Å². The maximum absolute atomic E-state index is 12.1. The highest BCUT2D eigenvalue weighted by molar-refractivity contribution is 5.92. The van der Waals surface area contributed by atoms with Crippen LogP contribution in [0, 0.1) is 0 Å². The van der Waals surface area contributed by atoms with Crippen LogP contribution in [0.25, 0.3) is 0 Å². The van der Waals surface area contributed by atoms with Crippen molar-refractivity contribution in [3.8, 4) is 0 Å². The Labute approximate surface area is 174 Å². The van der Waals surface area contributed by atoms with Gasteiger partial charge in [-0.3, -0.25) is 30.3 Å². The van der Waals surface area contributed by atoms with Gasteiger partial charge in [0.1, 0.15) is 20.3 Å². The van der Waals surface area contributed by atoms with Crippen molar-refractivity contribution in [3.05, 3.63) is 0 Å². The second-order valence-corrected chi connectivity index (χ2v) is 4.94. The van der Waals surface area contributed by atoms with Crippen molar-refractivity contribution in [3.63, 3.8) is 0 Å². The fraction of sp³-hybridized carbons (Fsp3) is 0.615. The minimum atomic E-state index is -1.74. The van der Waals surface area contributed by atoms with E-state index in [4.69, 9.17) is 20.4 Å². The van der Waals surface area contributed by atoms with Gasteiger partial charge in [0, 0.05) is 0 Å². The largest absolute Gasteiger partial charge is 0.423 e. The molecule has 178 valence electrons. The number of ether oxygens (including phenoxy) is 3. The summed E-state index contributed by atoms with van der Waals surface area (Å²) in [6.45, 7) is -4.66. The molecule has 2 atom stereocenters. The van der Waals surface area contributed by atoms with Crippen molar-refractivity contribution in [2.45, 2.75) is 12.3 Å². The first-order chi connectivity index (χ1) is 14.8. The molecule has 0 spiro atoms. The highest BCUT2D eigenvalue weighted by atomic mass is 16.6. The third kappa shape index (κ3) is 12.8. The first-order valence-corrected chi connectivity index (χ1v) is 8.24. The van der Waals surface area contributed by atoms with Crippen LogP contribution in [0.5, 0.6) is 0 Å². The van der Waals surface area contributed by atoms with Crippen LogP contribution in [0.3, 0.4) is 0 Å². The van der Waals surface area contributed by atoms with Crippen molar-refractivity contribution >= 4 is 29.9 Å². The Bertz CT molecular complexity index is 606. The summed E-state index contributed by atoms with van der Waals surface area (Å²) in [5.41, 5.74) is 0. The van der Waals surface area contributed by atoms with Gasteiger partial charge in [-0.25, -0.2) is 9.59 Å². The summed E-state index contributed by atoms with van der Waals surface area (Å²) >= 11 is 0. The molecule has 0 aliphatic heterocycles. The number of rotatable bonds is 14. The zero-order chi connectivity index (χ0) is 23.6. The van der Waals surface area contributed by atoms with Gasteiger partial charge in [-0.1, -0.05) is 0 Å². The molecule has 0 aromatic carbocycles. The van der Waals surface area contributed by atoms with Gasteiger partial charge in [0.2, 0.25) is 5.91 Å². The predicted molar refractivity (Wildman–Crippen MR) is 93.5 cm³/mol. The second kappa shape index (κ2) is 16.5. The lowest BCUT2D eigenvalue weighted by Crippen LogP contribution is -2.60. The van der Waals surface area contributed by atoms with Crippen LogP contribution in [0.15, 0.2) is 0 Å². The highest BCUT2D eigenvalue weighted by Crippen LogP contribution is 1.87. The van der Waals surface area contributed by atoms with Crippen LogP contribution in [-0.4, -0.2) is 103 Å². The smallest absolute Gasteiger partial charge is 0.411 e. The average Bonchev–Trinajstić information content (AvgIpc) is 2.71. The van der Waals surface area contributed by atoms with Crippen molar-refractivity contribution in [1.29, 1.82) is 0 Å². The minimum absolute atomic E-state index is 0.402. The molecule has 2 unspecified atom stereocenters. The zero-order valence-electron chi connectivity index (χ0n) is 16.0. The molecule has 18 heteroatoms. The van der Waals surface area contributed by atoms with Crippen LogP contribution >= 0.6 is 0 Å². The Morgan fingerprint density at radius 2 is 1.26 bits per heavy atom. The fourth-order valence-electron chi connectivity index (χ4n) is 1.66. The highest BCUT2D eigenvalue weighted by Gasteiger charge is 2.25. The number of aliphatic hydroxyl groups excluding tert-OH is 4. The zero-order valence-corrected chi connectivity index (χ0v) is 16.0. The van der Waals surface area contributed by atoms with Crippen LogP contribution in [0.2, 0.25) is 0 Å². The lowest BCUT2D eigenvalue weighted by molar-refractivity contribution is -0.131. The first-order valence-electron chi connectivity index (χ1n) is 8.24. The summed E-state index contributed by atoms with van der Waals surface area (Å²) in [7, 11) is 0. The lowest BCUT2D eigenvalue weighted by atomic mass is 10.4. The molecular weight excluding hydrogens is 432 g/mol. The van der Waals surface area contributed by atoms with Gasteiger partial charge >= 0.3 is 12.2 Å². The van der Waals surface area contributed by atoms with E-state index in [2.05, 4.69) is 24.8 Å². The Morgan fingerprint density at radius 1 is 0.710 bits per heavy atom. The van der Waals surface area contributed by atoms with Gasteiger partial charge < -0.3 is 50.6 Å². The summed E-state index contributed by atoms with van der Waals surface area (Å²) in [4.78, 5) is 58.5. The molecule has 0 fully saturated rings. The van der Waals surface area contributed by atoms with E-state index in [0.717, 1.165) is 0 Å². The Morgan fingerprint density at radius 3 is 1.77 bits per heavy atom. The predicted octanol–water partition coefficient (Wildman–Crippen LogP) is -6.20. The third-order valence-electron chi connectivity index (χ3n) is 2.90. The Kier molecular flexibility index (Phi) is 14.7. The van der Waals surface area contributed by atoms with Crippen LogP contribution in [-0.2, 0) is 28.6 Å². The number of aliphatic hydroxyl groups is 4. The second-order valence-electron chi connectivity index (χ2n) is 4.94. The van der Waals surface area contributed by atoms with E-state index < -0.39 is 82.6 Å². The van der Waals surface area contributed by atoms with E-state index >= 15 is 0 Å². The van der Waals surface area contributed by atoms with Crippen molar-refractivity contribution in [2.24, 2.45) is 0 Å². The Hall–Kier alpha value is -3.29. The van der Waals surface area contributed by atoms with Crippen molar-refractivity contribution < 1.29 is 58.6 Å². The van der Waals surface area contributed by atoms with Gasteiger partial charge in [0.25, 0.3) is 11.8 Å². The minimum Gasteiger partial charge on any atom is -0.423 e. The molecule has 5 amide bonds. The monoisotopic (exact) mass is 456 g/mol. The number of carbonyl (C=O) groups excluding carboxylic acids is 5. The Balaban J connectivity index is 4.86. The molecule has 0 aliphatic rings. The lowest BCUT2D eigenvalue weighted by Gasteiger charge is -2.20. The summed E-state index contributed by atoms with van der Waals surface area (Å²) < 4.78 is 12.9. The fourth-order valence-corrected chi connectivity index (χ4v) is 1.66. The normalized spacial score (nSPS) is 12.0. The quantitative estimate of drug-likeness (QED) is 0.0862. The maximum Gasteiger partial charge on any atom is 0.411 e. The molecule has 0 aromatic heterocycles. The molecule has 0 aliphatic carbocycles. The molecular formula is C13H24N6O12. The van der Waals surface area contributed by atoms with Crippen molar-refractivity contribution in [2.75, 3.05) is 40.4 Å². The maximum atomic E-state index is 12.1. The van der Waals surface area contributed by atoms with Crippen LogP contribution in [0.4, 0.5) is 9.59 Å². The van der Waals surface area contributed by atoms with Gasteiger partial charge in [0.05, 0.1) is 6.54 Å². The SMILES string of the molecule is O=C(CNC(=O)C(NCOCO)NC(=O)OCO)NC(NC(=O)OCO)C(=O)NCO. The average molecular weight is 456 g/mol. The van der Waals surface area contributed by atoms with Crippen LogP contribution < -0.4 is 31.9 Å². The number of hydrogen-bond donors (Lipinski definition) is 10. The number of alkyl carbamates (subject to hydrolysis) is 2. The molecule has 0 rings (SSSR count). The third-order valence-corrected chi connectivity index (χ3v) is 2.90. The van der Waals surface area contributed by atoms with E-state index in [1.807, 2.05) is 21.3 Å². The van der Waals surface area contributed by atoms with E-state index in [9.17, 15) is 24.0 Å². The molecule has 0 aromatic rings. The number of carbonyl (C=O) groups is 5. The standard InChI is InChI=1S/C13H24N6O12/c20-2-15-11(26)9(19-13(28)31-6-23)17-7(24)1-14-10(25)8(16-3-29-4-21)18-12(27)30-5-22/h8-9,16,20-23H,1-6H2,(H,14,25)(H,15,26)(H,17,24)(H,18,27)(H,19,28). The molecule has 0 radical (unpaired) electrons. The summed E-state index contributed by atoms with van der Waals surface area (Å²) in [5, 5.41) is 46.5. The van der Waals surface area contributed by atoms with E-state index in [1.54, 1.807) is 0 Å². The summed E-state index contributed by atoms with van der Waals surface area (Å²) in [5.74, 6) is -3.04. The van der Waals surface area contributed by atoms with E-state index in [0.29, 0.717) is 0 Å². The van der Waals surface area contributed by atoms with Gasteiger partial charge in [-0.2, -0.15) is 0 Å². The molecule has 0 saturated heterocycles. The molecule has 31 heavy (non-hydrogen) atoms. The first kappa shape index (κ1) is 27.7. The molecule has 0 saturated carbocycles. The summed E-state index contributed by atoms with van der Waals surface area (Å²) in [6.07, 6.45) is -5.73. The van der Waals surface area contributed by atoms with Crippen molar-refractivity contribution in [1.82, 2.24) is 31.9 Å². The number of amides is 5. The molecule has 0 bridgehead atoms. The summed E-state index contributed by atoms with van der Waals surface area (Å²) in [6, 6.07) is 0. The number of hydrogen-bond acceptors (Lipinski definition) is 13. The molecule has 0 heterocycles. The molecule has 18 nitrogen and oxygen atoms in total. The molecule has 10 N–H and O–H groups in total.